The Morgan fingerprint density at radius 1 is 1.13 bits per heavy atom. The molecule has 0 N–H and O–H groups in total. The van der Waals surface area contributed by atoms with Crippen LogP contribution in [0.1, 0.15) is 40.9 Å². The van der Waals surface area contributed by atoms with E-state index in [1.54, 1.807) is 18.0 Å². The van der Waals surface area contributed by atoms with Gasteiger partial charge in [0.1, 0.15) is 4.90 Å². The number of halogens is 1. The second-order valence-electron chi connectivity index (χ2n) is 8.32. The fourth-order valence-electron chi connectivity index (χ4n) is 3.87. The smallest absolute Gasteiger partial charge is 0.253 e. The minimum atomic E-state index is -3.86. The van der Waals surface area contributed by atoms with Gasteiger partial charge in [0.05, 0.1) is 17.2 Å². The van der Waals surface area contributed by atoms with Gasteiger partial charge in [-0.3, -0.25) is 4.79 Å². The molecule has 31 heavy (non-hydrogen) atoms. The van der Waals surface area contributed by atoms with Crippen LogP contribution in [-0.2, 0) is 21.3 Å². The van der Waals surface area contributed by atoms with E-state index in [9.17, 15) is 13.2 Å². The number of amides is 1. The number of benzene rings is 2. The van der Waals surface area contributed by atoms with Crippen molar-refractivity contribution in [1.82, 2.24) is 9.21 Å². The number of morpholine rings is 1. The number of nitrogens with zero attached hydrogens (tertiary/aromatic N) is 2. The van der Waals surface area contributed by atoms with E-state index < -0.39 is 10.0 Å². The third-order valence-electron chi connectivity index (χ3n) is 5.43. The van der Waals surface area contributed by atoms with Crippen molar-refractivity contribution in [3.63, 3.8) is 0 Å². The highest BCUT2D eigenvalue weighted by molar-refractivity contribution is 7.89. The Bertz CT molecular complexity index is 1080. The second kappa shape index (κ2) is 9.28. The first-order valence-corrected chi connectivity index (χ1v) is 12.1. The molecule has 2 atom stereocenters. The number of hydrogen-bond acceptors (Lipinski definition) is 4. The fraction of sp³-hybridized carbons (Fsp3) is 0.435. The summed E-state index contributed by atoms with van der Waals surface area (Å²) in [4.78, 5) is 14.6. The van der Waals surface area contributed by atoms with Crippen LogP contribution in [0.25, 0.3) is 0 Å². The molecule has 0 saturated carbocycles. The van der Waals surface area contributed by atoms with Crippen molar-refractivity contribution in [3.8, 4) is 0 Å². The minimum Gasteiger partial charge on any atom is -0.373 e. The summed E-state index contributed by atoms with van der Waals surface area (Å²) in [6.45, 7) is 8.62. The first-order valence-electron chi connectivity index (χ1n) is 10.3. The van der Waals surface area contributed by atoms with Crippen molar-refractivity contribution in [2.24, 2.45) is 0 Å². The van der Waals surface area contributed by atoms with E-state index in [1.807, 2.05) is 39.8 Å². The summed E-state index contributed by atoms with van der Waals surface area (Å²) in [6, 6.07) is 10.5. The molecule has 0 aromatic heterocycles. The average molecular weight is 465 g/mol. The summed E-state index contributed by atoms with van der Waals surface area (Å²) < 4.78 is 33.6. The van der Waals surface area contributed by atoms with E-state index in [2.05, 4.69) is 6.07 Å². The number of aryl methyl sites for hydroxylation is 2. The molecule has 6 nitrogen and oxygen atoms in total. The third-order valence-corrected chi connectivity index (χ3v) is 7.75. The van der Waals surface area contributed by atoms with Gasteiger partial charge in [0.15, 0.2) is 0 Å². The highest BCUT2D eigenvalue weighted by Crippen LogP contribution is 2.28. The molecule has 168 valence electrons. The lowest BCUT2D eigenvalue weighted by Gasteiger charge is -2.34. The summed E-state index contributed by atoms with van der Waals surface area (Å²) in [5.41, 5.74) is 3.59. The lowest BCUT2D eigenvalue weighted by atomic mass is 10.1. The maximum absolute atomic E-state index is 13.3. The molecule has 0 radical (unpaired) electrons. The molecule has 2 aromatic carbocycles. The Kier molecular flexibility index (Phi) is 7.11. The Hall–Kier alpha value is -1.93. The predicted molar refractivity (Wildman–Crippen MR) is 122 cm³/mol. The Morgan fingerprint density at radius 3 is 2.39 bits per heavy atom. The standard InChI is InChI=1S/C23H29ClN2O4S/c1-15-6-7-20(16(2)10-15)14-25(5)23(27)19-8-9-21(24)22(11-19)31(28,29)26-12-17(3)30-18(4)13-26/h6-11,17-18H,12-14H2,1-5H3. The number of ether oxygens (including phenoxy) is 1. The maximum atomic E-state index is 13.3. The van der Waals surface area contributed by atoms with Gasteiger partial charge in [-0.15, -0.1) is 0 Å². The van der Waals surface area contributed by atoms with Crippen LogP contribution in [0.3, 0.4) is 0 Å². The number of carbonyl (C=O) groups excluding carboxylic acids is 1. The minimum absolute atomic E-state index is 0.0544. The van der Waals surface area contributed by atoms with Gasteiger partial charge in [0, 0.05) is 32.2 Å². The average Bonchev–Trinajstić information content (AvgIpc) is 2.69. The highest BCUT2D eigenvalue weighted by atomic mass is 35.5. The van der Waals surface area contributed by atoms with Gasteiger partial charge < -0.3 is 9.64 Å². The van der Waals surface area contributed by atoms with Crippen LogP contribution in [0.4, 0.5) is 0 Å². The van der Waals surface area contributed by atoms with Gasteiger partial charge in [0.2, 0.25) is 10.0 Å². The van der Waals surface area contributed by atoms with Gasteiger partial charge in [-0.1, -0.05) is 35.4 Å². The van der Waals surface area contributed by atoms with E-state index in [0.717, 1.165) is 16.7 Å². The molecule has 1 aliphatic rings. The van der Waals surface area contributed by atoms with Crippen molar-refractivity contribution in [1.29, 1.82) is 0 Å². The summed E-state index contributed by atoms with van der Waals surface area (Å²) in [7, 11) is -2.16. The monoisotopic (exact) mass is 464 g/mol. The molecule has 2 unspecified atom stereocenters. The topological polar surface area (TPSA) is 66.9 Å². The van der Waals surface area contributed by atoms with Crippen LogP contribution in [0.15, 0.2) is 41.3 Å². The van der Waals surface area contributed by atoms with Gasteiger partial charge in [0.25, 0.3) is 5.91 Å². The van der Waals surface area contributed by atoms with E-state index in [0.29, 0.717) is 6.54 Å². The van der Waals surface area contributed by atoms with Crippen molar-refractivity contribution < 1.29 is 17.9 Å². The van der Waals surface area contributed by atoms with Gasteiger partial charge in [-0.25, -0.2) is 8.42 Å². The Balaban J connectivity index is 1.86. The predicted octanol–water partition coefficient (Wildman–Crippen LogP) is 4.03. The number of sulfonamides is 1. The van der Waals surface area contributed by atoms with Crippen LogP contribution < -0.4 is 0 Å². The molecule has 1 aliphatic heterocycles. The molecular weight excluding hydrogens is 436 g/mol. The van der Waals surface area contributed by atoms with Crippen molar-refractivity contribution >= 4 is 27.5 Å². The summed E-state index contributed by atoms with van der Waals surface area (Å²) in [5.74, 6) is -0.267. The normalized spacial score (nSPS) is 19.9. The maximum Gasteiger partial charge on any atom is 0.253 e. The number of hydrogen-bond donors (Lipinski definition) is 0. The van der Waals surface area contributed by atoms with Crippen LogP contribution in [0.2, 0.25) is 5.02 Å². The number of rotatable bonds is 5. The summed E-state index contributed by atoms with van der Waals surface area (Å²) >= 11 is 6.26. The van der Waals surface area contributed by atoms with E-state index in [-0.39, 0.29) is 46.7 Å². The first kappa shape index (κ1) is 23.7. The molecule has 1 amide bonds. The molecule has 1 heterocycles. The molecular formula is C23H29ClN2O4S. The molecule has 8 heteroatoms. The van der Waals surface area contributed by atoms with E-state index in [1.165, 1.54) is 16.4 Å². The summed E-state index contributed by atoms with van der Waals surface area (Å²) in [5, 5.41) is 0.0976. The van der Waals surface area contributed by atoms with E-state index in [4.69, 9.17) is 16.3 Å². The lowest BCUT2D eigenvalue weighted by molar-refractivity contribution is -0.0440. The molecule has 2 aromatic rings. The van der Waals surface area contributed by atoms with Crippen LogP contribution in [0, 0.1) is 13.8 Å². The van der Waals surface area contributed by atoms with Gasteiger partial charge >= 0.3 is 0 Å². The molecule has 0 spiro atoms. The van der Waals surface area contributed by atoms with Crippen LogP contribution in [0.5, 0.6) is 0 Å². The highest BCUT2D eigenvalue weighted by Gasteiger charge is 2.34. The molecule has 3 rings (SSSR count). The zero-order valence-corrected chi connectivity index (χ0v) is 20.1. The second-order valence-corrected chi connectivity index (χ2v) is 10.6. The Morgan fingerprint density at radius 2 is 1.77 bits per heavy atom. The van der Waals surface area contributed by atoms with E-state index >= 15 is 0 Å². The van der Waals surface area contributed by atoms with Gasteiger partial charge in [-0.05, 0) is 57.0 Å². The quantitative estimate of drug-likeness (QED) is 0.670. The molecule has 1 fully saturated rings. The molecule has 1 saturated heterocycles. The number of carbonyl (C=O) groups is 1. The Labute approximate surface area is 189 Å². The van der Waals surface area contributed by atoms with Crippen molar-refractivity contribution in [3.05, 3.63) is 63.7 Å². The van der Waals surface area contributed by atoms with Crippen LogP contribution in [-0.4, -0.2) is 55.9 Å². The zero-order valence-electron chi connectivity index (χ0n) is 18.6. The molecule has 0 bridgehead atoms. The SMILES string of the molecule is Cc1ccc(CN(C)C(=O)c2ccc(Cl)c(S(=O)(=O)N3CC(C)OC(C)C3)c2)c(C)c1. The zero-order chi connectivity index (χ0) is 22.9. The van der Waals surface area contributed by atoms with Crippen molar-refractivity contribution in [2.45, 2.75) is 51.3 Å². The van der Waals surface area contributed by atoms with Crippen molar-refractivity contribution in [2.75, 3.05) is 20.1 Å². The largest absolute Gasteiger partial charge is 0.373 e. The summed E-state index contributed by atoms with van der Waals surface area (Å²) in [6.07, 6.45) is -0.433. The lowest BCUT2D eigenvalue weighted by Crippen LogP contribution is -2.48. The first-order chi connectivity index (χ1) is 14.5. The third kappa shape index (κ3) is 5.29. The fourth-order valence-corrected chi connectivity index (χ4v) is 5.96. The van der Waals surface area contributed by atoms with Crippen LogP contribution >= 0.6 is 11.6 Å². The molecule has 0 aliphatic carbocycles. The van der Waals surface area contributed by atoms with Gasteiger partial charge in [-0.2, -0.15) is 4.31 Å².